The topological polar surface area (TPSA) is 80.6 Å². The summed E-state index contributed by atoms with van der Waals surface area (Å²) in [7, 11) is 0. The molecule has 0 saturated heterocycles. The number of nitrogens with zero attached hydrogens (tertiary/aromatic N) is 3. The second-order valence-electron chi connectivity index (χ2n) is 6.45. The van der Waals surface area contributed by atoms with Gasteiger partial charge in [-0.1, -0.05) is 122 Å². The van der Waals surface area contributed by atoms with Gasteiger partial charge in [0.25, 0.3) is 11.1 Å². The van der Waals surface area contributed by atoms with E-state index in [-0.39, 0.29) is 26.6 Å². The fourth-order valence-corrected chi connectivity index (χ4v) is 3.86. The Labute approximate surface area is 238 Å². The lowest BCUT2D eigenvalue weighted by atomic mass is 10.2. The number of H-pyrrole nitrogens is 1. The van der Waals surface area contributed by atoms with Crippen molar-refractivity contribution in [2.45, 2.75) is 11.9 Å². The SMILES string of the molecule is Clc1ccccc1CBr.O=c1[nH]ncc(Cl)c1Cl.O=c1c(Cl)c(Cl)cnn1Cc1ccccc1Cl. The van der Waals surface area contributed by atoms with Gasteiger partial charge in [0, 0.05) is 15.4 Å². The van der Waals surface area contributed by atoms with E-state index in [1.54, 1.807) is 6.07 Å². The Morgan fingerprint density at radius 2 is 1.29 bits per heavy atom. The van der Waals surface area contributed by atoms with Crippen LogP contribution in [-0.2, 0) is 11.9 Å². The van der Waals surface area contributed by atoms with Gasteiger partial charge >= 0.3 is 0 Å². The molecular formula is C22H15BrCl6N4O2. The molecule has 0 aliphatic rings. The van der Waals surface area contributed by atoms with Gasteiger partial charge in [-0.3, -0.25) is 9.59 Å². The summed E-state index contributed by atoms with van der Waals surface area (Å²) >= 11 is 37.3. The third-order valence-corrected chi connectivity index (χ3v) is 6.92. The number of aromatic amines is 1. The van der Waals surface area contributed by atoms with Gasteiger partial charge in [-0.2, -0.15) is 10.2 Å². The normalized spacial score (nSPS) is 10.0. The lowest BCUT2D eigenvalue weighted by Crippen LogP contribution is -2.23. The van der Waals surface area contributed by atoms with Crippen LogP contribution in [0, 0.1) is 0 Å². The fraction of sp³-hybridized carbons (Fsp3) is 0.0909. The van der Waals surface area contributed by atoms with Crippen LogP contribution in [0.1, 0.15) is 11.1 Å². The molecule has 0 amide bonds. The molecule has 0 spiro atoms. The van der Waals surface area contributed by atoms with Gasteiger partial charge in [-0.15, -0.1) is 0 Å². The fourth-order valence-electron chi connectivity index (χ4n) is 2.31. The van der Waals surface area contributed by atoms with Gasteiger partial charge in [0.1, 0.15) is 10.0 Å². The van der Waals surface area contributed by atoms with E-state index in [2.05, 4.69) is 31.2 Å². The first-order valence-electron chi connectivity index (χ1n) is 9.48. The molecule has 2 aromatic carbocycles. The van der Waals surface area contributed by atoms with Crippen molar-refractivity contribution in [2.75, 3.05) is 0 Å². The highest BCUT2D eigenvalue weighted by molar-refractivity contribution is 9.08. The first kappa shape index (κ1) is 29.6. The maximum Gasteiger partial charge on any atom is 0.287 e. The molecule has 1 N–H and O–H groups in total. The molecule has 0 unspecified atom stereocenters. The van der Waals surface area contributed by atoms with Crippen LogP contribution in [0.25, 0.3) is 0 Å². The van der Waals surface area contributed by atoms with Crippen LogP contribution in [0.5, 0.6) is 0 Å². The summed E-state index contributed by atoms with van der Waals surface area (Å²) < 4.78 is 1.22. The van der Waals surface area contributed by atoms with Crippen molar-refractivity contribution in [3.05, 3.63) is 123 Å². The lowest BCUT2D eigenvalue weighted by Gasteiger charge is -2.06. The molecule has 2 aromatic heterocycles. The number of aromatic nitrogens is 4. The maximum absolute atomic E-state index is 11.7. The van der Waals surface area contributed by atoms with E-state index >= 15 is 0 Å². The Morgan fingerprint density at radius 3 is 1.77 bits per heavy atom. The molecule has 0 radical (unpaired) electrons. The minimum atomic E-state index is -0.468. The summed E-state index contributed by atoms with van der Waals surface area (Å²) in [5, 5.41) is 11.9. The standard InChI is InChI=1S/C11H7Cl3N2O.C7H6BrCl.C4H2Cl2N2O/c12-8-4-2-1-3-7(8)6-16-11(17)10(14)9(13)5-15-16;8-5-6-3-1-2-4-7(6)9;5-2-1-7-8-4(9)3(2)6/h1-5H,6H2;1-4H,5H2;1H,(H,8,9). The van der Waals surface area contributed by atoms with E-state index in [4.69, 9.17) is 69.6 Å². The van der Waals surface area contributed by atoms with E-state index in [0.29, 0.717) is 5.02 Å². The number of nitrogens with one attached hydrogen (secondary N) is 1. The van der Waals surface area contributed by atoms with E-state index in [0.717, 1.165) is 21.5 Å². The van der Waals surface area contributed by atoms with Crippen LogP contribution in [0.3, 0.4) is 0 Å². The zero-order valence-electron chi connectivity index (χ0n) is 17.5. The number of halogens is 7. The second-order valence-corrected chi connectivity index (χ2v) is 9.39. The van der Waals surface area contributed by atoms with Crippen LogP contribution in [0.2, 0.25) is 30.1 Å². The molecule has 13 heteroatoms. The van der Waals surface area contributed by atoms with Gasteiger partial charge in [0.15, 0.2) is 0 Å². The largest absolute Gasteiger partial charge is 0.287 e. The van der Waals surface area contributed by atoms with Gasteiger partial charge in [-0.25, -0.2) is 9.78 Å². The molecule has 0 aliphatic heterocycles. The average molecular weight is 660 g/mol. The molecule has 2 heterocycles. The van der Waals surface area contributed by atoms with E-state index < -0.39 is 11.1 Å². The number of hydrogen-bond donors (Lipinski definition) is 1. The third kappa shape index (κ3) is 9.10. The van der Waals surface area contributed by atoms with Crippen LogP contribution < -0.4 is 11.1 Å². The van der Waals surface area contributed by atoms with Gasteiger partial charge in [0.2, 0.25) is 0 Å². The van der Waals surface area contributed by atoms with Crippen molar-refractivity contribution >= 4 is 85.5 Å². The minimum Gasteiger partial charge on any atom is -0.266 e. The minimum absolute atomic E-state index is 0.0216. The van der Waals surface area contributed by atoms with Crippen molar-refractivity contribution < 1.29 is 0 Å². The van der Waals surface area contributed by atoms with Crippen molar-refractivity contribution in [3.63, 3.8) is 0 Å². The van der Waals surface area contributed by atoms with Gasteiger partial charge in [-0.05, 0) is 23.3 Å². The predicted molar refractivity (Wildman–Crippen MR) is 148 cm³/mol. The molecule has 4 rings (SSSR count). The average Bonchev–Trinajstić information content (AvgIpc) is 2.85. The van der Waals surface area contributed by atoms with Crippen LogP contribution >= 0.6 is 85.5 Å². The van der Waals surface area contributed by atoms with Crippen molar-refractivity contribution in [1.29, 1.82) is 0 Å². The summed E-state index contributed by atoms with van der Waals surface area (Å²) in [6.45, 7) is 0.259. The van der Waals surface area contributed by atoms with E-state index in [1.807, 2.05) is 42.5 Å². The molecule has 0 fully saturated rings. The molecule has 0 aliphatic carbocycles. The summed E-state index contributed by atoms with van der Waals surface area (Å²) in [6.07, 6.45) is 2.60. The van der Waals surface area contributed by atoms with Crippen LogP contribution in [-0.4, -0.2) is 20.0 Å². The summed E-state index contributed by atoms with van der Waals surface area (Å²) in [5.74, 6) is 0. The highest BCUT2D eigenvalue weighted by Gasteiger charge is 2.09. The van der Waals surface area contributed by atoms with Gasteiger partial charge < -0.3 is 0 Å². The highest BCUT2D eigenvalue weighted by Crippen LogP contribution is 2.18. The van der Waals surface area contributed by atoms with Crippen molar-refractivity contribution in [3.8, 4) is 0 Å². The monoisotopic (exact) mass is 656 g/mol. The van der Waals surface area contributed by atoms with Crippen LogP contribution in [0.4, 0.5) is 0 Å². The first-order valence-corrected chi connectivity index (χ1v) is 12.9. The zero-order chi connectivity index (χ0) is 26.0. The van der Waals surface area contributed by atoms with E-state index in [1.165, 1.54) is 17.1 Å². The number of alkyl halides is 1. The molecule has 0 atom stereocenters. The number of hydrogen-bond acceptors (Lipinski definition) is 4. The smallest absolute Gasteiger partial charge is 0.266 e. The zero-order valence-corrected chi connectivity index (χ0v) is 23.6. The lowest BCUT2D eigenvalue weighted by molar-refractivity contribution is 0.639. The number of benzene rings is 2. The summed E-state index contributed by atoms with van der Waals surface area (Å²) in [6, 6.07) is 15.0. The molecule has 6 nitrogen and oxygen atoms in total. The van der Waals surface area contributed by atoms with Crippen molar-refractivity contribution in [1.82, 2.24) is 20.0 Å². The molecule has 4 aromatic rings. The molecule has 0 bridgehead atoms. The first-order chi connectivity index (χ1) is 16.6. The molecule has 35 heavy (non-hydrogen) atoms. The highest BCUT2D eigenvalue weighted by atomic mass is 79.9. The quantitative estimate of drug-likeness (QED) is 0.230. The molecule has 0 saturated carbocycles. The Bertz CT molecular complexity index is 1400. The maximum atomic E-state index is 11.7. The summed E-state index contributed by atoms with van der Waals surface area (Å²) in [4.78, 5) is 22.3. The number of rotatable bonds is 3. The van der Waals surface area contributed by atoms with E-state index in [9.17, 15) is 9.59 Å². The Hall–Kier alpha value is -1.58. The van der Waals surface area contributed by atoms with Gasteiger partial charge in [0.05, 0.1) is 29.0 Å². The Balaban J connectivity index is 0.000000203. The van der Waals surface area contributed by atoms with Crippen molar-refractivity contribution in [2.24, 2.45) is 0 Å². The molecule has 184 valence electrons. The summed E-state index contributed by atoms with van der Waals surface area (Å²) in [5.41, 5.74) is 1.03. The second kappa shape index (κ2) is 14.9. The Kier molecular flexibility index (Phi) is 12.6. The molecular weight excluding hydrogens is 645 g/mol. The van der Waals surface area contributed by atoms with Crippen LogP contribution in [0.15, 0.2) is 70.5 Å². The predicted octanol–water partition coefficient (Wildman–Crippen LogP) is 7.56. The third-order valence-electron chi connectivity index (χ3n) is 4.08. The Morgan fingerprint density at radius 1 is 0.743 bits per heavy atom.